The van der Waals surface area contributed by atoms with Gasteiger partial charge < -0.3 is 0 Å². The van der Waals surface area contributed by atoms with E-state index in [9.17, 15) is 0 Å². The van der Waals surface area contributed by atoms with Gasteiger partial charge in [0.25, 0.3) is 0 Å². The van der Waals surface area contributed by atoms with Gasteiger partial charge in [-0.2, -0.15) is 0 Å². The van der Waals surface area contributed by atoms with Crippen LogP contribution in [0.15, 0.2) is 15.8 Å². The Morgan fingerprint density at radius 3 is 2.93 bits per heavy atom. The van der Waals surface area contributed by atoms with E-state index in [1.165, 1.54) is 11.8 Å². The molecule has 0 bridgehead atoms. The van der Waals surface area contributed by atoms with Crippen molar-refractivity contribution in [1.82, 2.24) is 14.6 Å². The number of fused-ring (bicyclic) bond motifs is 1. The molecule has 2 rings (SSSR count). The Bertz CT molecular complexity index is 497. The molecule has 0 fully saturated rings. The molecule has 0 saturated carbocycles. The third kappa shape index (κ3) is 1.53. The first-order valence-corrected chi connectivity index (χ1v) is 6.28. The largest absolute Gasteiger partial charge is 0.221 e. The van der Waals surface area contributed by atoms with Crippen LogP contribution in [0.5, 0.6) is 0 Å². The van der Waals surface area contributed by atoms with Crippen molar-refractivity contribution in [3.63, 3.8) is 0 Å². The van der Waals surface area contributed by atoms with E-state index < -0.39 is 0 Å². The summed E-state index contributed by atoms with van der Waals surface area (Å²) in [6.07, 6.45) is 1.92. The normalized spacial score (nSPS) is 11.1. The number of rotatable bonds is 1. The van der Waals surface area contributed by atoms with Crippen LogP contribution in [0, 0.1) is 6.92 Å². The maximum atomic E-state index is 6.05. The molecule has 14 heavy (non-hydrogen) atoms. The van der Waals surface area contributed by atoms with Gasteiger partial charge in [-0.05, 0) is 40.7 Å². The highest BCUT2D eigenvalue weighted by molar-refractivity contribution is 9.10. The Morgan fingerprint density at radius 2 is 2.29 bits per heavy atom. The molecule has 0 saturated heterocycles. The number of aromatic nitrogens is 3. The summed E-state index contributed by atoms with van der Waals surface area (Å²) in [5.74, 6) is 0. The highest BCUT2D eigenvalue weighted by atomic mass is 79.9. The summed E-state index contributed by atoms with van der Waals surface area (Å²) in [6.45, 7) is 1.98. The summed E-state index contributed by atoms with van der Waals surface area (Å²) in [5.41, 5.74) is 1.92. The molecule has 0 N–H and O–H groups in total. The average Bonchev–Trinajstić information content (AvgIpc) is 2.42. The Morgan fingerprint density at radius 1 is 1.57 bits per heavy atom. The van der Waals surface area contributed by atoms with Gasteiger partial charge in [0, 0.05) is 0 Å². The monoisotopic (exact) mass is 291 g/mol. The van der Waals surface area contributed by atoms with E-state index in [0.29, 0.717) is 10.3 Å². The number of hydrogen-bond donors (Lipinski definition) is 0. The quantitative estimate of drug-likeness (QED) is 0.756. The Labute approximate surface area is 99.0 Å². The predicted molar refractivity (Wildman–Crippen MR) is 62.2 cm³/mol. The van der Waals surface area contributed by atoms with Gasteiger partial charge in [0.2, 0.25) is 5.16 Å². The molecule has 6 heteroatoms. The number of halogens is 2. The average molecular weight is 293 g/mol. The molecule has 0 amide bonds. The molecule has 0 aliphatic heterocycles. The summed E-state index contributed by atoms with van der Waals surface area (Å²) < 4.78 is 2.65. The van der Waals surface area contributed by atoms with Gasteiger partial charge in [0.05, 0.1) is 0 Å². The Hall–Kier alpha value is -0.260. The van der Waals surface area contributed by atoms with Crippen LogP contribution in [0.2, 0.25) is 5.15 Å². The van der Waals surface area contributed by atoms with Crippen molar-refractivity contribution in [2.75, 3.05) is 6.26 Å². The van der Waals surface area contributed by atoms with Crippen molar-refractivity contribution < 1.29 is 0 Å². The zero-order chi connectivity index (χ0) is 10.3. The molecular weight excluding hydrogens is 286 g/mol. The number of aryl methyl sites for hydroxylation is 1. The first kappa shape index (κ1) is 10.3. The Balaban J connectivity index is 2.86. The minimum absolute atomic E-state index is 0.493. The number of nitrogens with zero attached hydrogens (tertiary/aromatic N) is 3. The minimum atomic E-state index is 0.493. The van der Waals surface area contributed by atoms with Crippen molar-refractivity contribution in [1.29, 1.82) is 0 Å². The lowest BCUT2D eigenvalue weighted by atomic mass is 10.3. The molecule has 0 aliphatic carbocycles. The highest BCUT2D eigenvalue weighted by Crippen LogP contribution is 2.26. The molecule has 0 atom stereocenters. The molecule has 3 nitrogen and oxygen atoms in total. The zero-order valence-corrected chi connectivity index (χ0v) is 10.7. The van der Waals surface area contributed by atoms with Gasteiger partial charge in [-0.3, -0.25) is 0 Å². The van der Waals surface area contributed by atoms with Crippen LogP contribution in [0.3, 0.4) is 0 Å². The van der Waals surface area contributed by atoms with Gasteiger partial charge >= 0.3 is 0 Å². The molecule has 0 unspecified atom stereocenters. The first-order chi connectivity index (χ1) is 6.63. The lowest BCUT2D eigenvalue weighted by molar-refractivity contribution is 0.787. The van der Waals surface area contributed by atoms with Crippen LogP contribution in [0.4, 0.5) is 0 Å². The van der Waals surface area contributed by atoms with Gasteiger partial charge in [0.1, 0.15) is 10.1 Å². The van der Waals surface area contributed by atoms with Crippen molar-refractivity contribution in [3.8, 4) is 0 Å². The van der Waals surface area contributed by atoms with Crippen LogP contribution < -0.4 is 0 Å². The van der Waals surface area contributed by atoms with Crippen LogP contribution >= 0.6 is 39.3 Å². The molecule has 74 valence electrons. The summed E-state index contributed by atoms with van der Waals surface area (Å²) >= 11 is 10.9. The predicted octanol–water partition coefficient (Wildman–Crippen LogP) is 3.18. The fourth-order valence-corrected chi connectivity index (χ4v) is 2.57. The van der Waals surface area contributed by atoms with Crippen LogP contribution in [0.1, 0.15) is 5.56 Å². The highest BCUT2D eigenvalue weighted by Gasteiger charge is 2.11. The summed E-state index contributed by atoms with van der Waals surface area (Å²) in [7, 11) is 0. The van der Waals surface area contributed by atoms with E-state index in [1.807, 2.05) is 19.2 Å². The lowest BCUT2D eigenvalue weighted by Crippen LogP contribution is -1.97. The molecule has 2 aromatic rings. The third-order valence-corrected chi connectivity index (χ3v) is 3.25. The fraction of sp³-hybridized carbons (Fsp3) is 0.250. The molecule has 0 aromatic carbocycles. The summed E-state index contributed by atoms with van der Waals surface area (Å²) in [4.78, 5) is 4.17. The topological polar surface area (TPSA) is 30.2 Å². The SMILES string of the molecule is CSc1nc(Cl)c2c(C)cc(Br)n2n1. The van der Waals surface area contributed by atoms with Gasteiger partial charge in [0.15, 0.2) is 5.15 Å². The van der Waals surface area contributed by atoms with Crippen molar-refractivity contribution in [2.45, 2.75) is 12.1 Å². The first-order valence-electron chi connectivity index (χ1n) is 3.89. The van der Waals surface area contributed by atoms with E-state index in [1.54, 1.807) is 4.52 Å². The molecule has 0 radical (unpaired) electrons. The standard InChI is InChI=1S/C8H7BrClN3S/c1-4-3-5(9)13-6(4)7(10)11-8(12-13)14-2/h3H,1-2H3. The molecule has 2 aromatic heterocycles. The number of hydrogen-bond acceptors (Lipinski definition) is 3. The molecular formula is C8H7BrClN3S. The second-order valence-corrected chi connectivity index (χ2v) is 4.74. The Kier molecular flexibility index (Phi) is 2.72. The molecule has 0 aliphatic rings. The van der Waals surface area contributed by atoms with Gasteiger partial charge in [-0.1, -0.05) is 23.4 Å². The lowest BCUT2D eigenvalue weighted by Gasteiger charge is -2.01. The van der Waals surface area contributed by atoms with E-state index in [2.05, 4.69) is 26.0 Å². The summed E-state index contributed by atoms with van der Waals surface area (Å²) in [6, 6.07) is 1.97. The van der Waals surface area contributed by atoms with Crippen molar-refractivity contribution >= 4 is 44.8 Å². The molecule has 2 heterocycles. The van der Waals surface area contributed by atoms with Crippen LogP contribution in [-0.4, -0.2) is 20.9 Å². The maximum absolute atomic E-state index is 6.05. The zero-order valence-electron chi connectivity index (χ0n) is 7.58. The van der Waals surface area contributed by atoms with E-state index in [0.717, 1.165) is 15.7 Å². The van der Waals surface area contributed by atoms with E-state index in [4.69, 9.17) is 11.6 Å². The third-order valence-electron chi connectivity index (χ3n) is 1.88. The maximum Gasteiger partial charge on any atom is 0.208 e. The minimum Gasteiger partial charge on any atom is -0.221 e. The summed E-state index contributed by atoms with van der Waals surface area (Å²) in [5, 5.41) is 5.47. The van der Waals surface area contributed by atoms with E-state index >= 15 is 0 Å². The fourth-order valence-electron chi connectivity index (χ4n) is 1.26. The number of thioether (sulfide) groups is 1. The van der Waals surface area contributed by atoms with Gasteiger partial charge in [-0.15, -0.1) is 5.10 Å². The van der Waals surface area contributed by atoms with Crippen LogP contribution in [-0.2, 0) is 0 Å². The van der Waals surface area contributed by atoms with Crippen molar-refractivity contribution in [3.05, 3.63) is 21.4 Å². The second-order valence-electron chi connectivity index (χ2n) is 2.80. The second kappa shape index (κ2) is 3.72. The molecule has 0 spiro atoms. The van der Waals surface area contributed by atoms with Crippen molar-refractivity contribution in [2.24, 2.45) is 0 Å². The van der Waals surface area contributed by atoms with E-state index in [-0.39, 0.29) is 0 Å². The van der Waals surface area contributed by atoms with Gasteiger partial charge in [-0.25, -0.2) is 9.50 Å². The smallest absolute Gasteiger partial charge is 0.208 e. The van der Waals surface area contributed by atoms with Crippen LogP contribution in [0.25, 0.3) is 5.52 Å².